The Bertz CT molecular complexity index is 1120. The molecule has 0 fully saturated rings. The van der Waals surface area contributed by atoms with Crippen molar-refractivity contribution in [2.75, 3.05) is 19.5 Å². The van der Waals surface area contributed by atoms with E-state index in [1.54, 1.807) is 42.7 Å². The Hall–Kier alpha value is -2.67. The van der Waals surface area contributed by atoms with E-state index in [1.165, 1.54) is 11.8 Å². The van der Waals surface area contributed by atoms with Crippen molar-refractivity contribution in [3.63, 3.8) is 0 Å². The minimum Gasteiger partial charge on any atom is -0.628 e. The molecule has 2 aliphatic rings. The minimum absolute atomic E-state index is 0.0827. The molecule has 0 aromatic heterocycles. The van der Waals surface area contributed by atoms with Crippen molar-refractivity contribution in [2.24, 2.45) is 0 Å². The molecule has 0 amide bonds. The molecule has 2 aromatic rings. The van der Waals surface area contributed by atoms with Gasteiger partial charge in [0, 0.05) is 24.6 Å². The number of quaternary nitrogens is 1. The molecule has 3 N–H and O–H groups in total. The summed E-state index contributed by atoms with van der Waals surface area (Å²) < 4.78 is 86.8. The molecule has 2 aliphatic heterocycles. The van der Waals surface area contributed by atoms with E-state index in [1.807, 2.05) is 0 Å². The fraction of sp³-hybridized carbons (Fsp3) is 0.333. The smallest absolute Gasteiger partial charge is 0.416 e. The summed E-state index contributed by atoms with van der Waals surface area (Å²) in [5, 5.41) is 19.6. The topological polar surface area (TPSA) is 60.8 Å². The van der Waals surface area contributed by atoms with Gasteiger partial charge in [-0.25, -0.2) is 0 Å². The molecule has 0 bridgehead atoms. The van der Waals surface area contributed by atoms with Crippen LogP contribution in [0.5, 0.6) is 0 Å². The van der Waals surface area contributed by atoms with Crippen molar-refractivity contribution in [1.29, 1.82) is 0 Å². The molecule has 0 radical (unpaired) electrons. The normalized spacial score (nSPS) is 24.6. The van der Waals surface area contributed by atoms with Gasteiger partial charge >= 0.3 is 12.4 Å². The lowest BCUT2D eigenvalue weighted by Gasteiger charge is -2.39. The zero-order valence-corrected chi connectivity index (χ0v) is 19.8. The predicted molar refractivity (Wildman–Crippen MR) is 124 cm³/mol. The van der Waals surface area contributed by atoms with E-state index in [9.17, 15) is 31.5 Å². The van der Waals surface area contributed by atoms with Crippen molar-refractivity contribution in [3.8, 4) is 0 Å². The number of ether oxygens (including phenoxy) is 1. The van der Waals surface area contributed by atoms with Gasteiger partial charge in [0.15, 0.2) is 11.3 Å². The highest BCUT2D eigenvalue weighted by atomic mass is 32.2. The zero-order valence-electron chi connectivity index (χ0n) is 19.0. The van der Waals surface area contributed by atoms with Gasteiger partial charge in [0.1, 0.15) is 11.7 Å². The van der Waals surface area contributed by atoms with Gasteiger partial charge in [-0.15, -0.1) is 11.8 Å². The number of hydroxylamine groups is 2. The highest BCUT2D eigenvalue weighted by Gasteiger charge is 2.39. The molecular formula is C24H23F6N3O2S. The van der Waals surface area contributed by atoms with Crippen LogP contribution in [-0.4, -0.2) is 30.9 Å². The van der Waals surface area contributed by atoms with Crippen LogP contribution in [0.3, 0.4) is 0 Å². The third-order valence-electron chi connectivity index (χ3n) is 5.92. The molecular weight excluding hydrogens is 508 g/mol. The second-order valence-electron chi connectivity index (χ2n) is 8.34. The van der Waals surface area contributed by atoms with Crippen molar-refractivity contribution >= 4 is 17.5 Å². The Balaban J connectivity index is 1.83. The lowest BCUT2D eigenvalue weighted by molar-refractivity contribution is -0.793. The molecule has 3 unspecified atom stereocenters. The third-order valence-corrected chi connectivity index (χ3v) is 6.62. The summed E-state index contributed by atoms with van der Waals surface area (Å²) in [7, 11) is 0. The fourth-order valence-corrected chi connectivity index (χ4v) is 4.67. The van der Waals surface area contributed by atoms with Crippen molar-refractivity contribution in [3.05, 3.63) is 93.5 Å². The van der Waals surface area contributed by atoms with Crippen molar-refractivity contribution in [2.45, 2.75) is 30.3 Å². The molecule has 2 aromatic carbocycles. The van der Waals surface area contributed by atoms with Gasteiger partial charge in [0.05, 0.1) is 23.4 Å². The summed E-state index contributed by atoms with van der Waals surface area (Å²) in [6, 6.07) is 9.06. The van der Waals surface area contributed by atoms with Crippen LogP contribution in [0.1, 0.15) is 22.3 Å². The van der Waals surface area contributed by atoms with Crippen LogP contribution in [0.4, 0.5) is 26.3 Å². The summed E-state index contributed by atoms with van der Waals surface area (Å²) in [5.74, 6) is 0.304. The first-order chi connectivity index (χ1) is 17.0. The van der Waals surface area contributed by atoms with Crippen LogP contribution in [0.2, 0.25) is 0 Å². The van der Waals surface area contributed by atoms with E-state index < -0.39 is 40.0 Å². The molecule has 4 rings (SSSR count). The molecule has 2 heterocycles. The number of nitrogens with one attached hydrogen (secondary N) is 3. The Labute approximate surface area is 207 Å². The van der Waals surface area contributed by atoms with E-state index in [-0.39, 0.29) is 24.6 Å². The van der Waals surface area contributed by atoms with Crippen molar-refractivity contribution in [1.82, 2.24) is 10.6 Å². The SMILES string of the molecule is CSC1/C=C(/c2ccccc2)[NH+]([O-])C(Cc2cc(C(F)(F)F)cc(C(F)(F)F)c2)C2=C(NCNC2)O1. The first-order valence-electron chi connectivity index (χ1n) is 10.9. The maximum atomic E-state index is 13.9. The van der Waals surface area contributed by atoms with Gasteiger partial charge in [0.2, 0.25) is 0 Å². The lowest BCUT2D eigenvalue weighted by Crippen LogP contribution is -3.09. The fourth-order valence-electron chi connectivity index (χ4n) is 4.21. The Kier molecular flexibility index (Phi) is 7.60. The molecule has 3 atom stereocenters. The minimum atomic E-state index is -4.98. The third kappa shape index (κ3) is 5.83. The van der Waals surface area contributed by atoms with Crippen molar-refractivity contribution < 1.29 is 36.1 Å². The number of benzene rings is 2. The first kappa shape index (κ1) is 26.4. The summed E-state index contributed by atoms with van der Waals surface area (Å²) in [6.07, 6.45) is -6.90. The maximum Gasteiger partial charge on any atom is 0.416 e. The number of alkyl halides is 6. The number of hydrogen-bond donors (Lipinski definition) is 3. The van der Waals surface area contributed by atoms with Crippen LogP contribution in [0, 0.1) is 5.21 Å². The maximum absolute atomic E-state index is 13.9. The summed E-state index contributed by atoms with van der Waals surface area (Å²) >= 11 is 1.34. The highest BCUT2D eigenvalue weighted by molar-refractivity contribution is 7.99. The number of thioether (sulfide) groups is 1. The Morgan fingerprint density at radius 1 is 1.03 bits per heavy atom. The number of rotatable bonds is 4. The average molecular weight is 532 g/mol. The van der Waals surface area contributed by atoms with Crippen LogP contribution < -0.4 is 15.7 Å². The predicted octanol–water partition coefficient (Wildman–Crippen LogP) is 4.14. The van der Waals surface area contributed by atoms with Crippen LogP contribution in [-0.2, 0) is 23.5 Å². The largest absolute Gasteiger partial charge is 0.628 e. The van der Waals surface area contributed by atoms with Gasteiger partial charge in [-0.05, 0) is 42.2 Å². The van der Waals surface area contributed by atoms with Crippen LogP contribution in [0.25, 0.3) is 5.70 Å². The van der Waals surface area contributed by atoms with E-state index in [0.717, 1.165) is 0 Å². The van der Waals surface area contributed by atoms with E-state index in [2.05, 4.69) is 10.6 Å². The Morgan fingerprint density at radius 3 is 2.25 bits per heavy atom. The van der Waals surface area contributed by atoms with Gasteiger partial charge < -0.3 is 20.3 Å². The molecule has 194 valence electrons. The summed E-state index contributed by atoms with van der Waals surface area (Å²) in [5.41, 5.74) is -2.31. The molecule has 0 saturated carbocycles. The van der Waals surface area contributed by atoms with Crippen LogP contribution in [0.15, 0.2) is 66.1 Å². The van der Waals surface area contributed by atoms with Gasteiger partial charge in [-0.1, -0.05) is 18.2 Å². The molecule has 0 spiro atoms. The molecule has 0 saturated heterocycles. The Morgan fingerprint density at radius 2 is 1.67 bits per heavy atom. The standard InChI is InChI=1S/C24H23F6N3O2S/c1-36-21-11-19(15-5-3-2-4-6-15)33(34)20(18-12-31-13-32-22(18)35-21)9-14-7-16(23(25,26)27)10-17(8-14)24(28,29)30/h2-8,10-11,20-21,31-33H,9,12-13H2,1H3/b19-11-. The van der Waals surface area contributed by atoms with Gasteiger partial charge in [0.25, 0.3) is 0 Å². The second kappa shape index (κ2) is 10.4. The molecule has 36 heavy (non-hydrogen) atoms. The summed E-state index contributed by atoms with van der Waals surface area (Å²) in [4.78, 5) is 0. The van der Waals surface area contributed by atoms with Gasteiger partial charge in [-0.3, -0.25) is 5.32 Å². The highest BCUT2D eigenvalue weighted by Crippen LogP contribution is 2.37. The molecule has 5 nitrogen and oxygen atoms in total. The van der Waals surface area contributed by atoms with E-state index >= 15 is 0 Å². The average Bonchev–Trinajstić information content (AvgIpc) is 2.83. The van der Waals surface area contributed by atoms with E-state index in [4.69, 9.17) is 4.74 Å². The van der Waals surface area contributed by atoms with Gasteiger partial charge in [-0.2, -0.15) is 26.3 Å². The second-order valence-corrected chi connectivity index (χ2v) is 9.27. The number of halogens is 6. The monoisotopic (exact) mass is 531 g/mol. The zero-order chi connectivity index (χ0) is 26.1. The lowest BCUT2D eigenvalue weighted by atomic mass is 9.93. The van der Waals surface area contributed by atoms with E-state index in [0.29, 0.717) is 41.5 Å². The molecule has 12 heteroatoms. The number of hydrogen-bond acceptors (Lipinski definition) is 5. The van der Waals surface area contributed by atoms with Crippen LogP contribution >= 0.6 is 11.8 Å². The molecule has 0 aliphatic carbocycles. The first-order valence-corrected chi connectivity index (χ1v) is 12.2. The summed E-state index contributed by atoms with van der Waals surface area (Å²) in [6.45, 7) is 0.519. The quantitative estimate of drug-likeness (QED) is 0.409.